The SMILES string of the molecule is CCCCNC(=O)[C@@H](C)N(Cc1ccccc1Cl)C(=O)CCCN(c1ccc(CC)cc1)S(C)(=O)=O. The van der Waals surface area contributed by atoms with Crippen molar-refractivity contribution in [1.29, 1.82) is 0 Å². The lowest BCUT2D eigenvalue weighted by atomic mass is 10.1. The van der Waals surface area contributed by atoms with Crippen molar-refractivity contribution in [3.8, 4) is 0 Å². The quantitative estimate of drug-likeness (QED) is 0.353. The van der Waals surface area contributed by atoms with Crippen LogP contribution < -0.4 is 9.62 Å². The van der Waals surface area contributed by atoms with Crippen molar-refractivity contribution in [1.82, 2.24) is 10.2 Å². The Morgan fingerprint density at radius 3 is 2.28 bits per heavy atom. The Morgan fingerprint density at radius 2 is 1.69 bits per heavy atom. The molecule has 0 aliphatic heterocycles. The number of nitrogens with zero attached hydrogens (tertiary/aromatic N) is 2. The maximum atomic E-state index is 13.3. The summed E-state index contributed by atoms with van der Waals surface area (Å²) >= 11 is 6.33. The molecule has 0 spiro atoms. The Morgan fingerprint density at radius 1 is 1.03 bits per heavy atom. The molecule has 0 aliphatic rings. The number of benzene rings is 2. The Bertz CT molecular complexity index is 1110. The van der Waals surface area contributed by atoms with E-state index in [1.165, 1.54) is 9.21 Å². The molecular weight excluding hydrogens is 498 g/mol. The first-order chi connectivity index (χ1) is 17.1. The third-order valence-corrected chi connectivity index (χ3v) is 7.64. The number of anilines is 1. The van der Waals surface area contributed by atoms with Crippen LogP contribution in [-0.4, -0.2) is 50.5 Å². The van der Waals surface area contributed by atoms with E-state index in [4.69, 9.17) is 11.6 Å². The normalized spacial score (nSPS) is 12.1. The number of unbranched alkanes of at least 4 members (excludes halogenated alkanes) is 1. The van der Waals surface area contributed by atoms with Crippen LogP contribution in [0, 0.1) is 0 Å². The summed E-state index contributed by atoms with van der Waals surface area (Å²) in [6, 6.07) is 13.9. The average molecular weight is 536 g/mol. The molecule has 0 saturated carbocycles. The van der Waals surface area contributed by atoms with Crippen molar-refractivity contribution in [2.75, 3.05) is 23.7 Å². The highest BCUT2D eigenvalue weighted by molar-refractivity contribution is 7.92. The van der Waals surface area contributed by atoms with Crippen LogP contribution in [0.1, 0.15) is 57.6 Å². The Kier molecular flexibility index (Phi) is 11.7. The molecule has 0 fully saturated rings. The summed E-state index contributed by atoms with van der Waals surface area (Å²) in [5.41, 5.74) is 2.43. The zero-order valence-corrected chi connectivity index (χ0v) is 23.2. The topological polar surface area (TPSA) is 86.8 Å². The smallest absolute Gasteiger partial charge is 0.242 e. The first-order valence-corrected chi connectivity index (χ1v) is 14.7. The summed E-state index contributed by atoms with van der Waals surface area (Å²) in [6.07, 6.45) is 4.24. The van der Waals surface area contributed by atoms with E-state index in [0.29, 0.717) is 23.7 Å². The largest absolute Gasteiger partial charge is 0.354 e. The van der Waals surface area contributed by atoms with Crippen LogP contribution in [0.4, 0.5) is 5.69 Å². The molecule has 7 nitrogen and oxygen atoms in total. The Labute approximate surface area is 220 Å². The van der Waals surface area contributed by atoms with Crippen LogP contribution in [-0.2, 0) is 32.6 Å². The van der Waals surface area contributed by atoms with E-state index in [1.54, 1.807) is 25.1 Å². The van der Waals surface area contributed by atoms with Gasteiger partial charge in [0, 0.05) is 31.1 Å². The fraction of sp³-hybridized carbons (Fsp3) is 0.481. The van der Waals surface area contributed by atoms with E-state index in [0.717, 1.165) is 36.6 Å². The minimum Gasteiger partial charge on any atom is -0.354 e. The molecular formula is C27H38ClN3O4S. The number of carbonyl (C=O) groups excluding carboxylic acids is 2. The molecule has 2 aromatic rings. The highest BCUT2D eigenvalue weighted by Crippen LogP contribution is 2.22. The number of carbonyl (C=O) groups is 2. The minimum absolute atomic E-state index is 0.0933. The van der Waals surface area contributed by atoms with E-state index in [9.17, 15) is 18.0 Å². The number of sulfonamides is 1. The summed E-state index contributed by atoms with van der Waals surface area (Å²) in [6.45, 7) is 6.68. The van der Waals surface area contributed by atoms with Gasteiger partial charge >= 0.3 is 0 Å². The van der Waals surface area contributed by atoms with Gasteiger partial charge in [0.1, 0.15) is 6.04 Å². The van der Waals surface area contributed by atoms with Gasteiger partial charge in [-0.15, -0.1) is 0 Å². The number of rotatable bonds is 14. The lowest BCUT2D eigenvalue weighted by molar-refractivity contribution is -0.140. The maximum Gasteiger partial charge on any atom is 0.242 e. The third kappa shape index (κ3) is 8.82. The van der Waals surface area contributed by atoms with Gasteiger partial charge in [0.15, 0.2) is 0 Å². The van der Waals surface area contributed by atoms with E-state index in [1.807, 2.05) is 44.2 Å². The molecule has 2 aromatic carbocycles. The molecule has 0 bridgehead atoms. The Hall–Kier alpha value is -2.58. The van der Waals surface area contributed by atoms with Crippen molar-refractivity contribution in [2.45, 2.75) is 65.5 Å². The van der Waals surface area contributed by atoms with Crippen molar-refractivity contribution in [3.63, 3.8) is 0 Å². The fourth-order valence-corrected chi connectivity index (χ4v) is 4.99. The molecule has 0 radical (unpaired) electrons. The van der Waals surface area contributed by atoms with Gasteiger partial charge in [-0.3, -0.25) is 13.9 Å². The van der Waals surface area contributed by atoms with E-state index in [-0.39, 0.29) is 31.3 Å². The molecule has 9 heteroatoms. The number of nitrogens with one attached hydrogen (secondary N) is 1. The molecule has 0 aliphatic carbocycles. The lowest BCUT2D eigenvalue weighted by Crippen LogP contribution is -2.48. The van der Waals surface area contributed by atoms with Gasteiger partial charge in [-0.25, -0.2) is 8.42 Å². The number of hydrogen-bond acceptors (Lipinski definition) is 4. The number of halogens is 1. The summed E-state index contributed by atoms with van der Waals surface area (Å²) in [7, 11) is -3.53. The second kappa shape index (κ2) is 14.2. The maximum absolute atomic E-state index is 13.3. The van der Waals surface area contributed by atoms with Crippen LogP contribution >= 0.6 is 11.6 Å². The van der Waals surface area contributed by atoms with Gasteiger partial charge in [-0.2, -0.15) is 0 Å². The van der Waals surface area contributed by atoms with Crippen LogP contribution in [0.2, 0.25) is 5.02 Å². The molecule has 0 aromatic heterocycles. The molecule has 0 saturated heterocycles. The van der Waals surface area contributed by atoms with Crippen molar-refractivity contribution in [3.05, 3.63) is 64.7 Å². The van der Waals surface area contributed by atoms with Crippen molar-refractivity contribution in [2.24, 2.45) is 0 Å². The van der Waals surface area contributed by atoms with Crippen LogP contribution in [0.3, 0.4) is 0 Å². The molecule has 36 heavy (non-hydrogen) atoms. The van der Waals surface area contributed by atoms with Crippen LogP contribution in [0.5, 0.6) is 0 Å². The van der Waals surface area contributed by atoms with Crippen LogP contribution in [0.15, 0.2) is 48.5 Å². The summed E-state index contributed by atoms with van der Waals surface area (Å²) in [4.78, 5) is 27.6. The first kappa shape index (κ1) is 29.6. The second-order valence-corrected chi connectivity index (χ2v) is 11.2. The summed E-state index contributed by atoms with van der Waals surface area (Å²) < 4.78 is 26.2. The van der Waals surface area contributed by atoms with Crippen molar-refractivity contribution < 1.29 is 18.0 Å². The lowest BCUT2D eigenvalue weighted by Gasteiger charge is -2.29. The number of aryl methyl sites for hydroxylation is 1. The predicted molar refractivity (Wildman–Crippen MR) is 147 cm³/mol. The third-order valence-electron chi connectivity index (χ3n) is 6.08. The molecule has 198 valence electrons. The van der Waals surface area contributed by atoms with Gasteiger partial charge in [-0.1, -0.05) is 62.2 Å². The van der Waals surface area contributed by atoms with Crippen molar-refractivity contribution >= 4 is 39.1 Å². The van der Waals surface area contributed by atoms with Crippen LogP contribution in [0.25, 0.3) is 0 Å². The minimum atomic E-state index is -3.53. The van der Waals surface area contributed by atoms with Gasteiger partial charge in [0.25, 0.3) is 0 Å². The van der Waals surface area contributed by atoms with Gasteiger partial charge in [0.2, 0.25) is 21.8 Å². The molecule has 0 unspecified atom stereocenters. The summed E-state index contributed by atoms with van der Waals surface area (Å²) in [5.74, 6) is -0.458. The Balaban J connectivity index is 2.15. The van der Waals surface area contributed by atoms with E-state index >= 15 is 0 Å². The highest BCUT2D eigenvalue weighted by atomic mass is 35.5. The van der Waals surface area contributed by atoms with Gasteiger partial charge < -0.3 is 10.2 Å². The van der Waals surface area contributed by atoms with E-state index in [2.05, 4.69) is 5.32 Å². The fourth-order valence-electron chi connectivity index (χ4n) is 3.83. The van der Waals surface area contributed by atoms with Gasteiger partial charge in [0.05, 0.1) is 11.9 Å². The molecule has 1 N–H and O–H groups in total. The molecule has 2 amide bonds. The van der Waals surface area contributed by atoms with Gasteiger partial charge in [-0.05, 0) is 55.5 Å². The summed E-state index contributed by atoms with van der Waals surface area (Å²) in [5, 5.41) is 3.41. The zero-order valence-electron chi connectivity index (χ0n) is 21.7. The second-order valence-electron chi connectivity index (χ2n) is 8.89. The highest BCUT2D eigenvalue weighted by Gasteiger charge is 2.27. The zero-order chi connectivity index (χ0) is 26.7. The average Bonchev–Trinajstić information content (AvgIpc) is 2.85. The monoisotopic (exact) mass is 535 g/mol. The standard InChI is InChI=1S/C27H38ClN3O4S/c1-5-7-18-29-27(33)21(3)30(20-23-11-8-9-12-25(23)28)26(32)13-10-19-31(36(4,34)35)24-16-14-22(6-2)15-17-24/h8-9,11-12,14-17,21H,5-7,10,13,18-20H2,1-4H3,(H,29,33)/t21-/m1/s1. The number of hydrogen-bond donors (Lipinski definition) is 1. The first-order valence-electron chi connectivity index (χ1n) is 12.5. The number of amides is 2. The predicted octanol–water partition coefficient (Wildman–Crippen LogP) is 4.78. The molecule has 0 heterocycles. The van der Waals surface area contributed by atoms with E-state index < -0.39 is 16.1 Å². The molecule has 1 atom stereocenters. The molecule has 2 rings (SSSR count).